The Balaban J connectivity index is 4.96. The van der Waals surface area contributed by atoms with Gasteiger partial charge >= 0.3 is 6.18 Å². The van der Waals surface area contributed by atoms with Gasteiger partial charge in [0.05, 0.1) is 6.04 Å². The molecular weight excluding hydrogens is 257 g/mol. The van der Waals surface area contributed by atoms with Crippen LogP contribution in [0.5, 0.6) is 0 Å². The highest BCUT2D eigenvalue weighted by Crippen LogP contribution is 2.21. The van der Waals surface area contributed by atoms with Gasteiger partial charge in [0.2, 0.25) is 5.91 Å². The van der Waals surface area contributed by atoms with E-state index in [-0.39, 0.29) is 5.92 Å². The van der Waals surface area contributed by atoms with Crippen molar-refractivity contribution in [2.24, 2.45) is 11.7 Å². The van der Waals surface area contributed by atoms with E-state index in [9.17, 15) is 18.0 Å². The van der Waals surface area contributed by atoms with Crippen LogP contribution >= 0.6 is 0 Å². The summed E-state index contributed by atoms with van der Waals surface area (Å²) in [5.41, 5.74) is 5.73. The summed E-state index contributed by atoms with van der Waals surface area (Å²) < 4.78 is 37.8. The molecule has 0 saturated carbocycles. The second kappa shape index (κ2) is 7.72. The molecular formula is C13H25F3N2O. The maximum Gasteiger partial charge on any atom is 0.406 e. The zero-order valence-corrected chi connectivity index (χ0v) is 12.1. The van der Waals surface area contributed by atoms with E-state index in [1.165, 1.54) is 0 Å². The lowest BCUT2D eigenvalue weighted by Crippen LogP contribution is -2.52. The Hall–Kier alpha value is -0.780. The minimum atomic E-state index is -4.39. The van der Waals surface area contributed by atoms with Crippen LogP contribution in [0.3, 0.4) is 0 Å². The molecule has 2 N–H and O–H groups in total. The smallest absolute Gasteiger partial charge is 0.329 e. The Morgan fingerprint density at radius 3 is 2.00 bits per heavy atom. The van der Waals surface area contributed by atoms with E-state index in [0.29, 0.717) is 19.3 Å². The molecule has 0 aromatic carbocycles. The molecule has 3 nitrogen and oxygen atoms in total. The third-order valence-corrected chi connectivity index (χ3v) is 3.06. The number of nitrogens with two attached hydrogens (primary N) is 1. The Morgan fingerprint density at radius 1 is 1.21 bits per heavy atom. The van der Waals surface area contributed by atoms with Gasteiger partial charge in [-0.05, 0) is 25.2 Å². The fraction of sp³-hybridized carbons (Fsp3) is 0.923. The molecule has 0 heterocycles. The highest BCUT2D eigenvalue weighted by Gasteiger charge is 2.37. The average Bonchev–Trinajstić information content (AvgIpc) is 2.25. The molecule has 0 saturated heterocycles. The monoisotopic (exact) mass is 282 g/mol. The molecule has 1 amide bonds. The van der Waals surface area contributed by atoms with E-state index >= 15 is 0 Å². The molecule has 19 heavy (non-hydrogen) atoms. The molecule has 1 atom stereocenters. The van der Waals surface area contributed by atoms with E-state index in [2.05, 4.69) is 0 Å². The molecule has 114 valence electrons. The van der Waals surface area contributed by atoms with Gasteiger partial charge in [0.15, 0.2) is 0 Å². The van der Waals surface area contributed by atoms with E-state index in [0.717, 1.165) is 4.90 Å². The van der Waals surface area contributed by atoms with E-state index in [1.807, 2.05) is 13.8 Å². The summed E-state index contributed by atoms with van der Waals surface area (Å²) in [6.45, 7) is 6.11. The number of hydrogen-bond acceptors (Lipinski definition) is 2. The number of nitrogens with zero attached hydrogens (tertiary/aromatic N) is 1. The zero-order chi connectivity index (χ0) is 15.2. The molecule has 0 aromatic rings. The van der Waals surface area contributed by atoms with Gasteiger partial charge in [-0.1, -0.05) is 27.7 Å². The van der Waals surface area contributed by atoms with Crippen LogP contribution in [0.4, 0.5) is 13.2 Å². The average molecular weight is 282 g/mol. The Kier molecular flexibility index (Phi) is 7.41. The number of amides is 1. The van der Waals surface area contributed by atoms with Gasteiger partial charge in [-0.25, -0.2) is 0 Å². The van der Waals surface area contributed by atoms with E-state index < -0.39 is 30.7 Å². The number of hydrogen-bond donors (Lipinski definition) is 1. The number of carbonyl (C=O) groups excluding carboxylic acids is 1. The van der Waals surface area contributed by atoms with Gasteiger partial charge in [-0.15, -0.1) is 0 Å². The van der Waals surface area contributed by atoms with Crippen molar-refractivity contribution in [3.63, 3.8) is 0 Å². The second-order valence-corrected chi connectivity index (χ2v) is 5.29. The molecule has 0 spiro atoms. The topological polar surface area (TPSA) is 46.3 Å². The van der Waals surface area contributed by atoms with Crippen molar-refractivity contribution in [2.45, 2.75) is 65.2 Å². The highest BCUT2D eigenvalue weighted by molar-refractivity contribution is 5.82. The van der Waals surface area contributed by atoms with Crippen LogP contribution in [0.2, 0.25) is 0 Å². The first kappa shape index (κ1) is 18.2. The number of halogens is 3. The first-order valence-corrected chi connectivity index (χ1v) is 6.75. The third kappa shape index (κ3) is 6.80. The molecule has 0 unspecified atom stereocenters. The molecule has 0 aliphatic heterocycles. The lowest BCUT2D eigenvalue weighted by atomic mass is 10.0. The van der Waals surface area contributed by atoms with Crippen molar-refractivity contribution >= 4 is 5.91 Å². The van der Waals surface area contributed by atoms with Crippen molar-refractivity contribution in [2.75, 3.05) is 6.54 Å². The molecule has 0 bridgehead atoms. The number of carbonyl (C=O) groups is 1. The van der Waals surface area contributed by atoms with Gasteiger partial charge in [-0.3, -0.25) is 4.79 Å². The van der Waals surface area contributed by atoms with Crippen LogP contribution in [0.1, 0.15) is 47.0 Å². The largest absolute Gasteiger partial charge is 0.406 e. The van der Waals surface area contributed by atoms with Crippen molar-refractivity contribution in [3.05, 3.63) is 0 Å². The summed E-state index contributed by atoms with van der Waals surface area (Å²) in [5, 5.41) is 0. The van der Waals surface area contributed by atoms with Crippen molar-refractivity contribution in [3.8, 4) is 0 Å². The minimum Gasteiger partial charge on any atom is -0.329 e. The van der Waals surface area contributed by atoms with Crippen molar-refractivity contribution in [1.29, 1.82) is 0 Å². The van der Waals surface area contributed by atoms with E-state index in [1.54, 1.807) is 13.8 Å². The molecule has 0 radical (unpaired) electrons. The minimum absolute atomic E-state index is 0.174. The SMILES string of the molecule is CCC(CC)N(CC(F)(F)F)C(=O)[C@@H](N)CC(C)C. The number of rotatable bonds is 7. The highest BCUT2D eigenvalue weighted by atomic mass is 19.4. The van der Waals surface area contributed by atoms with Crippen LogP contribution in [-0.2, 0) is 4.79 Å². The van der Waals surface area contributed by atoms with Crippen LogP contribution in [0, 0.1) is 5.92 Å². The third-order valence-electron chi connectivity index (χ3n) is 3.06. The summed E-state index contributed by atoms with van der Waals surface area (Å²) in [4.78, 5) is 13.0. The standard InChI is InChI=1S/C13H25F3N2O/c1-5-10(6-2)18(8-13(14,15)16)12(19)11(17)7-9(3)4/h9-11H,5-8,17H2,1-4H3/t11-/m0/s1. The van der Waals surface area contributed by atoms with Gasteiger partial charge in [0.1, 0.15) is 6.54 Å². The lowest BCUT2D eigenvalue weighted by Gasteiger charge is -2.33. The predicted octanol–water partition coefficient (Wildman–Crippen LogP) is 2.94. The maximum absolute atomic E-state index is 12.6. The van der Waals surface area contributed by atoms with E-state index in [4.69, 9.17) is 5.73 Å². The van der Waals surface area contributed by atoms with Gasteiger partial charge in [0.25, 0.3) is 0 Å². The summed E-state index contributed by atoms with van der Waals surface area (Å²) in [6, 6.07) is -1.27. The second-order valence-electron chi connectivity index (χ2n) is 5.29. The maximum atomic E-state index is 12.6. The Bertz CT molecular complexity index is 276. The predicted molar refractivity (Wildman–Crippen MR) is 69.6 cm³/mol. The van der Waals surface area contributed by atoms with Crippen LogP contribution in [0.25, 0.3) is 0 Å². The normalized spacial score (nSPS) is 14.0. The van der Waals surface area contributed by atoms with Gasteiger partial charge in [0, 0.05) is 6.04 Å². The molecule has 6 heteroatoms. The quantitative estimate of drug-likeness (QED) is 0.780. The fourth-order valence-corrected chi connectivity index (χ4v) is 2.13. The summed E-state index contributed by atoms with van der Waals surface area (Å²) in [6.07, 6.45) is -3.01. The van der Waals surface area contributed by atoms with Crippen molar-refractivity contribution in [1.82, 2.24) is 4.90 Å². The van der Waals surface area contributed by atoms with Crippen LogP contribution in [-0.4, -0.2) is 35.6 Å². The first-order chi connectivity index (χ1) is 8.62. The summed E-state index contributed by atoms with van der Waals surface area (Å²) >= 11 is 0. The first-order valence-electron chi connectivity index (χ1n) is 6.75. The van der Waals surface area contributed by atoms with Crippen LogP contribution in [0.15, 0.2) is 0 Å². The Morgan fingerprint density at radius 2 is 1.68 bits per heavy atom. The summed E-state index contributed by atoms with van der Waals surface area (Å²) in [5.74, 6) is -0.423. The Labute approximate surface area is 113 Å². The molecule has 0 aliphatic rings. The lowest BCUT2D eigenvalue weighted by molar-refractivity contribution is -0.167. The zero-order valence-electron chi connectivity index (χ0n) is 12.1. The number of alkyl halides is 3. The van der Waals surface area contributed by atoms with Gasteiger partial charge < -0.3 is 10.6 Å². The van der Waals surface area contributed by atoms with Gasteiger partial charge in [-0.2, -0.15) is 13.2 Å². The molecule has 0 rings (SSSR count). The van der Waals surface area contributed by atoms with Crippen LogP contribution < -0.4 is 5.73 Å². The summed E-state index contributed by atoms with van der Waals surface area (Å²) in [7, 11) is 0. The fourth-order valence-electron chi connectivity index (χ4n) is 2.13. The molecule has 0 fully saturated rings. The van der Waals surface area contributed by atoms with Crippen molar-refractivity contribution < 1.29 is 18.0 Å². The molecule has 0 aliphatic carbocycles. The molecule has 0 aromatic heterocycles.